The smallest absolute Gasteiger partial charge is 0.269 e. The number of anilines is 1. The third kappa shape index (κ3) is 3.90. The summed E-state index contributed by atoms with van der Waals surface area (Å²) in [5, 5.41) is 18.5. The average Bonchev–Trinajstić information content (AvgIpc) is 3.15. The molecule has 0 bridgehead atoms. The minimum Gasteiger partial charge on any atom is -0.396 e. The Kier molecular flexibility index (Phi) is 4.92. The van der Waals surface area contributed by atoms with Gasteiger partial charge in [-0.25, -0.2) is 0 Å². The summed E-state index contributed by atoms with van der Waals surface area (Å²) >= 11 is 0. The molecule has 0 atom stereocenters. The fourth-order valence-electron chi connectivity index (χ4n) is 2.86. The summed E-state index contributed by atoms with van der Waals surface area (Å²) in [7, 11) is 0. The summed E-state index contributed by atoms with van der Waals surface area (Å²) in [4.78, 5) is 14.2. The van der Waals surface area contributed by atoms with Crippen LogP contribution in [0.4, 0.5) is 5.69 Å². The van der Waals surface area contributed by atoms with Crippen molar-refractivity contribution in [3.05, 3.63) is 47.8 Å². The molecule has 2 aromatic rings. The van der Waals surface area contributed by atoms with E-state index in [-0.39, 0.29) is 5.91 Å². The lowest BCUT2D eigenvalue weighted by Gasteiger charge is -2.33. The lowest BCUT2D eigenvalue weighted by atomic mass is 9.97. The number of aliphatic hydroxyl groups is 1. The second-order valence-corrected chi connectivity index (χ2v) is 5.93. The van der Waals surface area contributed by atoms with Gasteiger partial charge in [0.1, 0.15) is 5.69 Å². The largest absolute Gasteiger partial charge is 0.396 e. The van der Waals surface area contributed by atoms with E-state index in [0.29, 0.717) is 24.8 Å². The first-order valence-corrected chi connectivity index (χ1v) is 7.98. The van der Waals surface area contributed by atoms with Crippen LogP contribution in [0, 0.1) is 5.92 Å². The van der Waals surface area contributed by atoms with Crippen molar-refractivity contribution in [1.29, 1.82) is 0 Å². The first-order chi connectivity index (χ1) is 11.3. The van der Waals surface area contributed by atoms with E-state index in [1.54, 1.807) is 12.3 Å². The van der Waals surface area contributed by atoms with Crippen molar-refractivity contribution in [1.82, 2.24) is 15.5 Å². The van der Waals surface area contributed by atoms with Crippen LogP contribution < -0.4 is 10.2 Å². The van der Waals surface area contributed by atoms with Gasteiger partial charge >= 0.3 is 0 Å². The molecule has 0 saturated carbocycles. The van der Waals surface area contributed by atoms with Gasteiger partial charge < -0.3 is 15.3 Å². The molecular weight excluding hydrogens is 292 g/mol. The van der Waals surface area contributed by atoms with Crippen LogP contribution in [0.5, 0.6) is 0 Å². The van der Waals surface area contributed by atoms with Gasteiger partial charge in [0.2, 0.25) is 0 Å². The molecule has 6 nitrogen and oxygen atoms in total. The molecule has 1 aromatic carbocycles. The first kappa shape index (κ1) is 15.6. The summed E-state index contributed by atoms with van der Waals surface area (Å²) < 4.78 is 0. The highest BCUT2D eigenvalue weighted by Gasteiger charge is 2.18. The van der Waals surface area contributed by atoms with Crippen LogP contribution >= 0.6 is 0 Å². The van der Waals surface area contributed by atoms with Crippen molar-refractivity contribution >= 4 is 11.6 Å². The molecule has 1 aliphatic heterocycles. The quantitative estimate of drug-likeness (QED) is 0.782. The molecule has 23 heavy (non-hydrogen) atoms. The van der Waals surface area contributed by atoms with Gasteiger partial charge in [0.25, 0.3) is 5.91 Å². The standard InChI is InChI=1S/C17H22N4O2/c22-12-14-6-9-21(10-7-14)15-3-1-13(2-4-15)11-18-17(23)16-5-8-19-20-16/h1-5,8,14,22H,6-7,9-12H2,(H,18,23)(H,19,20). The molecule has 3 N–H and O–H groups in total. The van der Waals surface area contributed by atoms with E-state index in [0.717, 1.165) is 31.5 Å². The van der Waals surface area contributed by atoms with Gasteiger partial charge in [-0.05, 0) is 42.5 Å². The number of aromatic amines is 1. The van der Waals surface area contributed by atoms with Crippen molar-refractivity contribution in [3.8, 4) is 0 Å². The number of amides is 1. The molecular formula is C17H22N4O2. The van der Waals surface area contributed by atoms with Crippen LogP contribution in [0.15, 0.2) is 36.5 Å². The summed E-state index contributed by atoms with van der Waals surface area (Å²) in [6, 6.07) is 9.92. The normalized spacial score (nSPS) is 15.6. The van der Waals surface area contributed by atoms with Gasteiger partial charge in [-0.15, -0.1) is 0 Å². The highest BCUT2D eigenvalue weighted by atomic mass is 16.3. The van der Waals surface area contributed by atoms with E-state index in [1.165, 1.54) is 5.69 Å². The highest BCUT2D eigenvalue weighted by molar-refractivity contribution is 5.92. The molecule has 1 aromatic heterocycles. The Balaban J connectivity index is 1.52. The van der Waals surface area contributed by atoms with Crippen molar-refractivity contribution in [2.24, 2.45) is 5.92 Å². The fraction of sp³-hybridized carbons (Fsp3) is 0.412. The predicted octanol–water partition coefficient (Wildman–Crippen LogP) is 1.55. The summed E-state index contributed by atoms with van der Waals surface area (Å²) in [6.45, 7) is 2.76. The van der Waals surface area contributed by atoms with E-state index in [9.17, 15) is 9.90 Å². The molecule has 2 heterocycles. The molecule has 0 spiro atoms. The number of hydrogen-bond acceptors (Lipinski definition) is 4. The van der Waals surface area contributed by atoms with Crippen LogP contribution in [0.3, 0.4) is 0 Å². The molecule has 1 fully saturated rings. The van der Waals surface area contributed by atoms with E-state index < -0.39 is 0 Å². The van der Waals surface area contributed by atoms with Crippen LogP contribution in [-0.2, 0) is 6.54 Å². The van der Waals surface area contributed by atoms with E-state index >= 15 is 0 Å². The van der Waals surface area contributed by atoms with Crippen LogP contribution in [-0.4, -0.2) is 40.9 Å². The minimum absolute atomic E-state index is 0.155. The van der Waals surface area contributed by atoms with Crippen LogP contribution in [0.1, 0.15) is 28.9 Å². The van der Waals surface area contributed by atoms with E-state index in [2.05, 4.69) is 32.5 Å². The number of rotatable bonds is 5. The molecule has 3 rings (SSSR count). The van der Waals surface area contributed by atoms with Gasteiger partial charge in [-0.2, -0.15) is 5.10 Å². The summed E-state index contributed by atoms with van der Waals surface area (Å²) in [6.07, 6.45) is 3.64. The number of carbonyl (C=O) groups excluding carboxylic acids is 1. The maximum Gasteiger partial charge on any atom is 0.269 e. The number of piperidine rings is 1. The van der Waals surface area contributed by atoms with Gasteiger partial charge in [0.05, 0.1) is 0 Å². The Morgan fingerprint density at radius 2 is 2.00 bits per heavy atom. The van der Waals surface area contributed by atoms with Crippen molar-refractivity contribution in [2.75, 3.05) is 24.6 Å². The van der Waals surface area contributed by atoms with Gasteiger partial charge in [-0.3, -0.25) is 9.89 Å². The Morgan fingerprint density at radius 3 is 2.61 bits per heavy atom. The highest BCUT2D eigenvalue weighted by Crippen LogP contribution is 2.23. The molecule has 122 valence electrons. The maximum absolute atomic E-state index is 11.8. The molecule has 1 saturated heterocycles. The zero-order chi connectivity index (χ0) is 16.1. The number of carbonyl (C=O) groups is 1. The molecule has 0 radical (unpaired) electrons. The SMILES string of the molecule is O=C(NCc1ccc(N2CCC(CO)CC2)cc1)c1ccn[nH]1. The molecule has 0 aliphatic carbocycles. The Bertz CT molecular complexity index is 617. The summed E-state index contributed by atoms with van der Waals surface area (Å²) in [5.41, 5.74) is 2.73. The number of nitrogens with one attached hydrogen (secondary N) is 2. The summed E-state index contributed by atoms with van der Waals surface area (Å²) in [5.74, 6) is 0.292. The van der Waals surface area contributed by atoms with Crippen molar-refractivity contribution in [3.63, 3.8) is 0 Å². The van der Waals surface area contributed by atoms with E-state index in [1.807, 2.05) is 12.1 Å². The Hall–Kier alpha value is -2.34. The van der Waals surface area contributed by atoms with E-state index in [4.69, 9.17) is 0 Å². The zero-order valence-electron chi connectivity index (χ0n) is 13.0. The lowest BCUT2D eigenvalue weighted by molar-refractivity contribution is 0.0946. The number of H-pyrrole nitrogens is 1. The monoisotopic (exact) mass is 314 g/mol. The average molecular weight is 314 g/mol. The number of aliphatic hydroxyl groups excluding tert-OH is 1. The second kappa shape index (κ2) is 7.28. The first-order valence-electron chi connectivity index (χ1n) is 7.98. The maximum atomic E-state index is 11.8. The van der Waals surface area contributed by atoms with Gasteiger partial charge in [-0.1, -0.05) is 12.1 Å². The molecule has 6 heteroatoms. The topological polar surface area (TPSA) is 81.2 Å². The fourth-order valence-corrected chi connectivity index (χ4v) is 2.86. The molecule has 0 unspecified atom stereocenters. The molecule has 1 aliphatic rings. The zero-order valence-corrected chi connectivity index (χ0v) is 13.0. The van der Waals surface area contributed by atoms with Gasteiger partial charge in [0.15, 0.2) is 0 Å². The lowest BCUT2D eigenvalue weighted by Crippen LogP contribution is -2.34. The third-order valence-corrected chi connectivity index (χ3v) is 4.37. The molecule has 1 amide bonds. The minimum atomic E-state index is -0.155. The second-order valence-electron chi connectivity index (χ2n) is 5.93. The van der Waals surface area contributed by atoms with Crippen molar-refractivity contribution < 1.29 is 9.90 Å². The van der Waals surface area contributed by atoms with Crippen LogP contribution in [0.2, 0.25) is 0 Å². The van der Waals surface area contributed by atoms with Gasteiger partial charge in [0, 0.05) is 38.1 Å². The number of aromatic nitrogens is 2. The number of benzene rings is 1. The van der Waals surface area contributed by atoms with Crippen molar-refractivity contribution in [2.45, 2.75) is 19.4 Å². The van der Waals surface area contributed by atoms with Crippen LogP contribution in [0.25, 0.3) is 0 Å². The Labute approximate surface area is 135 Å². The predicted molar refractivity (Wildman–Crippen MR) is 88.2 cm³/mol. The third-order valence-electron chi connectivity index (χ3n) is 4.37. The Morgan fingerprint density at radius 1 is 1.26 bits per heavy atom. The number of nitrogens with zero attached hydrogens (tertiary/aromatic N) is 2. The number of hydrogen-bond donors (Lipinski definition) is 3.